The number of rotatable bonds is 2. The van der Waals surface area contributed by atoms with Gasteiger partial charge in [-0.3, -0.25) is 15.0 Å². The van der Waals surface area contributed by atoms with Crippen LogP contribution in [0.3, 0.4) is 0 Å². The van der Waals surface area contributed by atoms with Crippen LogP contribution in [0.4, 0.5) is 10.5 Å². The monoisotopic (exact) mass is 312 g/mol. The Morgan fingerprint density at radius 3 is 2.70 bits per heavy atom. The van der Waals surface area contributed by atoms with Crippen LogP contribution in [0.1, 0.15) is 25.3 Å². The normalized spacial score (nSPS) is 20.1. The summed E-state index contributed by atoms with van der Waals surface area (Å²) in [6.07, 6.45) is 4.77. The molecule has 1 aromatic carbocycles. The van der Waals surface area contributed by atoms with Crippen LogP contribution in [0.5, 0.6) is 0 Å². The number of hydrogen-bond donors (Lipinski definition) is 2. The van der Waals surface area contributed by atoms with Crippen LogP contribution in [0.25, 0.3) is 10.9 Å². The number of anilines is 1. The molecular weight excluding hydrogens is 292 g/mol. The second-order valence-corrected chi connectivity index (χ2v) is 6.20. The van der Waals surface area contributed by atoms with E-state index in [0.29, 0.717) is 19.0 Å². The van der Waals surface area contributed by atoms with Gasteiger partial charge >= 0.3 is 6.03 Å². The minimum Gasteiger partial charge on any atom is -0.344 e. The van der Waals surface area contributed by atoms with Crippen molar-refractivity contribution >= 4 is 28.5 Å². The molecule has 2 N–H and O–H groups in total. The number of imide groups is 1. The van der Waals surface area contributed by atoms with Crippen LogP contribution in [-0.4, -0.2) is 36.1 Å². The zero-order chi connectivity index (χ0) is 15.8. The van der Waals surface area contributed by atoms with Crippen molar-refractivity contribution < 1.29 is 9.59 Å². The number of fused-ring (bicyclic) bond motifs is 1. The third kappa shape index (κ3) is 2.59. The highest BCUT2D eigenvalue weighted by atomic mass is 16.2. The van der Waals surface area contributed by atoms with Gasteiger partial charge in [0.25, 0.3) is 0 Å². The van der Waals surface area contributed by atoms with Gasteiger partial charge in [-0.1, -0.05) is 0 Å². The lowest BCUT2D eigenvalue weighted by Gasteiger charge is -2.27. The zero-order valence-electron chi connectivity index (χ0n) is 12.9. The Hall–Kier alpha value is -2.34. The van der Waals surface area contributed by atoms with Crippen molar-refractivity contribution in [1.29, 1.82) is 0 Å². The second kappa shape index (κ2) is 5.70. The van der Waals surface area contributed by atoms with E-state index in [1.165, 1.54) is 5.52 Å². The highest BCUT2D eigenvalue weighted by molar-refractivity contribution is 6.06. The summed E-state index contributed by atoms with van der Waals surface area (Å²) in [4.78, 5) is 24.9. The Bertz CT molecular complexity index is 761. The second-order valence-electron chi connectivity index (χ2n) is 6.20. The topological polar surface area (TPSA) is 66.4 Å². The molecule has 6 heteroatoms. The van der Waals surface area contributed by atoms with E-state index >= 15 is 0 Å². The number of benzene rings is 1. The van der Waals surface area contributed by atoms with E-state index < -0.39 is 0 Å². The molecule has 2 saturated heterocycles. The van der Waals surface area contributed by atoms with Gasteiger partial charge in [0.2, 0.25) is 5.91 Å². The summed E-state index contributed by atoms with van der Waals surface area (Å²) in [5.74, 6) is -0.204. The number of urea groups is 1. The Kier molecular flexibility index (Phi) is 3.53. The number of carbonyl (C=O) groups is 2. The lowest BCUT2D eigenvalue weighted by Crippen LogP contribution is -2.49. The van der Waals surface area contributed by atoms with Crippen molar-refractivity contribution in [2.75, 3.05) is 24.5 Å². The van der Waals surface area contributed by atoms with Gasteiger partial charge in [0.1, 0.15) is 0 Å². The van der Waals surface area contributed by atoms with E-state index in [9.17, 15) is 9.59 Å². The van der Waals surface area contributed by atoms with Crippen LogP contribution < -0.4 is 15.5 Å². The van der Waals surface area contributed by atoms with Gasteiger partial charge in [-0.05, 0) is 50.2 Å². The molecular formula is C17H20N4O2. The quantitative estimate of drug-likeness (QED) is 0.891. The predicted molar refractivity (Wildman–Crippen MR) is 88.6 cm³/mol. The first-order chi connectivity index (χ1) is 11.2. The van der Waals surface area contributed by atoms with Crippen LogP contribution in [0, 0.1) is 0 Å². The molecule has 2 aromatic rings. The number of piperidine rings is 1. The van der Waals surface area contributed by atoms with Crippen molar-refractivity contribution in [3.8, 4) is 0 Å². The molecule has 3 heterocycles. The number of nitrogens with zero attached hydrogens (tertiary/aromatic N) is 2. The van der Waals surface area contributed by atoms with Gasteiger partial charge in [-0.15, -0.1) is 0 Å². The average molecular weight is 312 g/mol. The van der Waals surface area contributed by atoms with E-state index in [4.69, 9.17) is 0 Å². The van der Waals surface area contributed by atoms with Crippen LogP contribution in [-0.2, 0) is 4.79 Å². The molecule has 0 spiro atoms. The number of aromatic nitrogens is 1. The molecule has 2 fully saturated rings. The molecule has 0 unspecified atom stereocenters. The minimum atomic E-state index is -0.335. The first-order valence-corrected chi connectivity index (χ1v) is 8.15. The smallest absolute Gasteiger partial charge is 0.328 e. The molecule has 23 heavy (non-hydrogen) atoms. The maximum atomic E-state index is 12.0. The van der Waals surface area contributed by atoms with Crippen LogP contribution in [0.2, 0.25) is 0 Å². The maximum absolute atomic E-state index is 12.0. The summed E-state index contributed by atoms with van der Waals surface area (Å²) < 4.78 is 2.35. The Labute approximate surface area is 134 Å². The molecule has 3 amide bonds. The lowest BCUT2D eigenvalue weighted by molar-refractivity contribution is -0.120. The summed E-state index contributed by atoms with van der Waals surface area (Å²) in [5.41, 5.74) is 2.04. The molecule has 2 aliphatic heterocycles. The van der Waals surface area contributed by atoms with Crippen LogP contribution >= 0.6 is 0 Å². The summed E-state index contributed by atoms with van der Waals surface area (Å²) in [6.45, 7) is 2.56. The first-order valence-electron chi connectivity index (χ1n) is 8.15. The van der Waals surface area contributed by atoms with Gasteiger partial charge in [0.05, 0.1) is 0 Å². The van der Waals surface area contributed by atoms with Crippen molar-refractivity contribution in [2.24, 2.45) is 0 Å². The van der Waals surface area contributed by atoms with E-state index in [2.05, 4.69) is 33.5 Å². The van der Waals surface area contributed by atoms with Gasteiger partial charge in [0.15, 0.2) is 0 Å². The van der Waals surface area contributed by atoms with Gasteiger partial charge in [0, 0.05) is 41.8 Å². The Morgan fingerprint density at radius 1 is 1.09 bits per heavy atom. The molecule has 120 valence electrons. The molecule has 2 aliphatic rings. The standard InChI is InChI=1S/C17H20N4O2/c22-16-6-10-21(17(23)19-16)14-1-2-15-12(11-14)5-9-20(15)13-3-7-18-8-4-13/h1-2,5,9,11,13,18H,3-4,6-8,10H2,(H,19,22,23). The minimum absolute atomic E-state index is 0.204. The number of carbonyl (C=O) groups excluding carboxylic acids is 2. The molecule has 4 rings (SSSR count). The van der Waals surface area contributed by atoms with Gasteiger partial charge < -0.3 is 9.88 Å². The molecule has 0 saturated carbocycles. The fourth-order valence-electron chi connectivity index (χ4n) is 3.53. The fraction of sp³-hybridized carbons (Fsp3) is 0.412. The predicted octanol–water partition coefficient (Wildman–Crippen LogP) is 2.01. The molecule has 6 nitrogen and oxygen atoms in total. The molecule has 0 radical (unpaired) electrons. The Morgan fingerprint density at radius 2 is 1.91 bits per heavy atom. The zero-order valence-corrected chi connectivity index (χ0v) is 12.9. The molecule has 0 atom stereocenters. The SMILES string of the molecule is O=C1CCN(c2ccc3c(ccn3C3CCNCC3)c2)C(=O)N1. The summed E-state index contributed by atoms with van der Waals surface area (Å²) in [6, 6.07) is 8.39. The fourth-order valence-corrected chi connectivity index (χ4v) is 3.53. The highest BCUT2D eigenvalue weighted by Gasteiger charge is 2.24. The van der Waals surface area contributed by atoms with Crippen molar-refractivity contribution in [3.05, 3.63) is 30.5 Å². The van der Waals surface area contributed by atoms with Crippen molar-refractivity contribution in [3.63, 3.8) is 0 Å². The Balaban J connectivity index is 1.64. The highest BCUT2D eigenvalue weighted by Crippen LogP contribution is 2.29. The molecule has 0 aliphatic carbocycles. The summed E-state index contributed by atoms with van der Waals surface area (Å²) >= 11 is 0. The van der Waals surface area contributed by atoms with Crippen molar-refractivity contribution in [1.82, 2.24) is 15.2 Å². The number of nitrogens with one attached hydrogen (secondary N) is 2. The average Bonchev–Trinajstić information content (AvgIpc) is 2.99. The van der Waals surface area contributed by atoms with E-state index in [0.717, 1.165) is 37.0 Å². The lowest BCUT2D eigenvalue weighted by atomic mass is 10.1. The first kappa shape index (κ1) is 14.3. The summed E-state index contributed by atoms with van der Waals surface area (Å²) in [7, 11) is 0. The maximum Gasteiger partial charge on any atom is 0.328 e. The third-order valence-electron chi connectivity index (χ3n) is 4.77. The summed E-state index contributed by atoms with van der Waals surface area (Å²) in [5, 5.41) is 6.89. The largest absolute Gasteiger partial charge is 0.344 e. The molecule has 1 aromatic heterocycles. The third-order valence-corrected chi connectivity index (χ3v) is 4.77. The van der Waals surface area contributed by atoms with Crippen molar-refractivity contribution in [2.45, 2.75) is 25.3 Å². The number of hydrogen-bond acceptors (Lipinski definition) is 3. The van der Waals surface area contributed by atoms with E-state index in [-0.39, 0.29) is 11.9 Å². The number of amides is 3. The molecule has 0 bridgehead atoms. The van der Waals surface area contributed by atoms with Gasteiger partial charge in [-0.2, -0.15) is 0 Å². The van der Waals surface area contributed by atoms with Gasteiger partial charge in [-0.25, -0.2) is 4.79 Å². The van der Waals surface area contributed by atoms with E-state index in [1.54, 1.807) is 4.90 Å². The van der Waals surface area contributed by atoms with E-state index in [1.807, 2.05) is 12.1 Å². The van der Waals surface area contributed by atoms with Crippen LogP contribution in [0.15, 0.2) is 30.5 Å².